The molecule has 0 aliphatic heterocycles. The van der Waals surface area contributed by atoms with E-state index in [9.17, 15) is 18.0 Å². The highest BCUT2D eigenvalue weighted by Gasteiger charge is 2.32. The third kappa shape index (κ3) is 8.20. The predicted octanol–water partition coefficient (Wildman–Crippen LogP) is 4.92. The first-order valence-corrected chi connectivity index (χ1v) is 15.3. The van der Waals surface area contributed by atoms with E-state index in [2.05, 4.69) is 5.32 Å². The summed E-state index contributed by atoms with van der Waals surface area (Å²) in [7, 11) is -3.75. The lowest BCUT2D eigenvalue weighted by Crippen LogP contribution is -2.53. The molecular formula is C28H38ClN3O4S. The summed E-state index contributed by atoms with van der Waals surface area (Å²) >= 11 is 6.05. The van der Waals surface area contributed by atoms with Gasteiger partial charge in [0.25, 0.3) is 0 Å². The number of amides is 2. The Morgan fingerprint density at radius 1 is 0.973 bits per heavy atom. The van der Waals surface area contributed by atoms with Gasteiger partial charge >= 0.3 is 0 Å². The van der Waals surface area contributed by atoms with Crippen molar-refractivity contribution in [3.8, 4) is 0 Å². The summed E-state index contributed by atoms with van der Waals surface area (Å²) in [5.74, 6) is -0.638. The van der Waals surface area contributed by atoms with Gasteiger partial charge in [0.15, 0.2) is 0 Å². The van der Waals surface area contributed by atoms with Gasteiger partial charge in [-0.2, -0.15) is 0 Å². The van der Waals surface area contributed by atoms with Crippen LogP contribution in [0.15, 0.2) is 48.5 Å². The van der Waals surface area contributed by atoms with E-state index >= 15 is 0 Å². The number of hydrogen-bond donors (Lipinski definition) is 1. The number of carbonyl (C=O) groups excluding carboxylic acids is 2. The number of rotatable bonds is 11. The molecule has 0 bridgehead atoms. The molecule has 3 rings (SSSR count). The summed E-state index contributed by atoms with van der Waals surface area (Å²) in [6, 6.07) is 13.6. The first-order chi connectivity index (χ1) is 17.6. The molecule has 7 nitrogen and oxygen atoms in total. The lowest BCUT2D eigenvalue weighted by Gasteiger charge is -2.34. The smallest absolute Gasteiger partial charge is 0.244 e. The van der Waals surface area contributed by atoms with Crippen LogP contribution < -0.4 is 9.62 Å². The highest BCUT2D eigenvalue weighted by atomic mass is 35.5. The molecule has 202 valence electrons. The maximum Gasteiger partial charge on any atom is 0.244 e. The van der Waals surface area contributed by atoms with Gasteiger partial charge in [0.05, 0.1) is 11.9 Å². The van der Waals surface area contributed by atoms with Crippen molar-refractivity contribution < 1.29 is 18.0 Å². The molecule has 2 amide bonds. The molecule has 1 atom stereocenters. The molecule has 9 heteroatoms. The number of benzene rings is 2. The van der Waals surface area contributed by atoms with Crippen molar-refractivity contribution in [1.29, 1.82) is 0 Å². The molecule has 1 saturated carbocycles. The molecule has 1 aliphatic rings. The van der Waals surface area contributed by atoms with Gasteiger partial charge in [-0.3, -0.25) is 13.9 Å². The van der Waals surface area contributed by atoms with E-state index in [0.29, 0.717) is 17.1 Å². The monoisotopic (exact) mass is 547 g/mol. The van der Waals surface area contributed by atoms with Crippen LogP contribution in [0.25, 0.3) is 0 Å². The molecule has 1 aliphatic carbocycles. The summed E-state index contributed by atoms with van der Waals surface area (Å²) in [4.78, 5) is 28.7. The fourth-order valence-corrected chi connectivity index (χ4v) is 5.74. The van der Waals surface area contributed by atoms with Crippen molar-refractivity contribution in [2.45, 2.75) is 77.4 Å². The number of carbonyl (C=O) groups is 2. The highest BCUT2D eigenvalue weighted by molar-refractivity contribution is 7.92. The molecule has 37 heavy (non-hydrogen) atoms. The number of anilines is 1. The zero-order chi connectivity index (χ0) is 27.0. The first-order valence-electron chi connectivity index (χ1n) is 13.0. The van der Waals surface area contributed by atoms with Gasteiger partial charge in [-0.1, -0.05) is 69.0 Å². The van der Waals surface area contributed by atoms with Crippen LogP contribution >= 0.6 is 11.6 Å². The van der Waals surface area contributed by atoms with Crippen LogP contribution in [0.5, 0.6) is 0 Å². The summed E-state index contributed by atoms with van der Waals surface area (Å²) in [5, 5.41) is 3.71. The summed E-state index contributed by atoms with van der Waals surface area (Å²) < 4.78 is 26.6. The number of sulfonamides is 1. The third-order valence-electron chi connectivity index (χ3n) is 6.92. The number of hydrogen-bond acceptors (Lipinski definition) is 4. The van der Waals surface area contributed by atoms with Crippen molar-refractivity contribution in [1.82, 2.24) is 10.2 Å². The molecule has 0 radical (unpaired) electrons. The minimum absolute atomic E-state index is 0.104. The zero-order valence-corrected chi connectivity index (χ0v) is 23.5. The average Bonchev–Trinajstić information content (AvgIpc) is 2.88. The Bertz CT molecular complexity index is 1150. The van der Waals surface area contributed by atoms with E-state index in [1.54, 1.807) is 24.3 Å². The van der Waals surface area contributed by atoms with Crippen molar-refractivity contribution >= 4 is 39.1 Å². The first kappa shape index (κ1) is 29.0. The molecule has 0 heterocycles. The fourth-order valence-electron chi connectivity index (χ4n) is 4.76. The van der Waals surface area contributed by atoms with Gasteiger partial charge in [0.2, 0.25) is 21.8 Å². The van der Waals surface area contributed by atoms with Crippen molar-refractivity contribution in [2.24, 2.45) is 0 Å². The molecule has 1 N–H and O–H groups in total. The van der Waals surface area contributed by atoms with E-state index in [4.69, 9.17) is 11.6 Å². The van der Waals surface area contributed by atoms with Crippen molar-refractivity contribution in [3.05, 3.63) is 64.7 Å². The molecule has 0 spiro atoms. The van der Waals surface area contributed by atoms with Crippen LogP contribution in [-0.4, -0.2) is 50.0 Å². The Morgan fingerprint density at radius 3 is 2.11 bits per heavy atom. The quantitative estimate of drug-likeness (QED) is 0.432. The number of nitrogens with one attached hydrogen (secondary N) is 1. The van der Waals surface area contributed by atoms with E-state index < -0.39 is 28.5 Å². The number of halogens is 1. The van der Waals surface area contributed by atoms with Gasteiger partial charge in [0.1, 0.15) is 12.6 Å². The van der Waals surface area contributed by atoms with Gasteiger partial charge in [-0.25, -0.2) is 8.42 Å². The van der Waals surface area contributed by atoms with E-state index in [-0.39, 0.29) is 18.5 Å². The predicted molar refractivity (Wildman–Crippen MR) is 149 cm³/mol. The lowest BCUT2D eigenvalue weighted by molar-refractivity contribution is -0.140. The highest BCUT2D eigenvalue weighted by Crippen LogP contribution is 2.22. The van der Waals surface area contributed by atoms with Crippen molar-refractivity contribution in [3.63, 3.8) is 0 Å². The second-order valence-electron chi connectivity index (χ2n) is 9.71. The van der Waals surface area contributed by atoms with E-state index in [1.165, 1.54) is 11.3 Å². The van der Waals surface area contributed by atoms with Crippen LogP contribution in [0, 0.1) is 0 Å². The Labute approximate surface area is 226 Å². The second-order valence-corrected chi connectivity index (χ2v) is 12.0. The topological polar surface area (TPSA) is 86.8 Å². The Hall–Kier alpha value is -2.58. The molecular weight excluding hydrogens is 510 g/mol. The van der Waals surface area contributed by atoms with Crippen LogP contribution in [-0.2, 0) is 32.6 Å². The fraction of sp³-hybridized carbons (Fsp3) is 0.500. The number of nitrogens with zero attached hydrogens (tertiary/aromatic N) is 2. The Balaban J connectivity index is 1.89. The van der Waals surface area contributed by atoms with Crippen LogP contribution in [0.4, 0.5) is 5.69 Å². The van der Waals surface area contributed by atoms with E-state index in [1.807, 2.05) is 38.1 Å². The Kier molecular flexibility index (Phi) is 10.4. The molecule has 2 aromatic rings. The minimum Gasteiger partial charge on any atom is -0.352 e. The molecule has 0 saturated heterocycles. The van der Waals surface area contributed by atoms with Gasteiger partial charge < -0.3 is 10.2 Å². The normalized spacial score (nSPS) is 15.1. The number of aryl methyl sites for hydroxylation is 1. The van der Waals surface area contributed by atoms with Crippen LogP contribution in [0.1, 0.15) is 63.5 Å². The average molecular weight is 548 g/mol. The van der Waals surface area contributed by atoms with Crippen LogP contribution in [0.2, 0.25) is 5.02 Å². The van der Waals surface area contributed by atoms with Crippen molar-refractivity contribution in [2.75, 3.05) is 17.1 Å². The third-order valence-corrected chi connectivity index (χ3v) is 8.31. The van der Waals surface area contributed by atoms with Crippen LogP contribution in [0.3, 0.4) is 0 Å². The summed E-state index contributed by atoms with van der Waals surface area (Å²) in [6.07, 6.45) is 7.51. The molecule has 2 aromatic carbocycles. The largest absolute Gasteiger partial charge is 0.352 e. The maximum atomic E-state index is 13.8. The summed E-state index contributed by atoms with van der Waals surface area (Å²) in [6.45, 7) is 3.65. The SMILES string of the molecule is CCc1ccc(N(CC(=O)N(Cc2ccc(Cl)cc2)[C@H](CC)C(=O)NC2CCCCC2)S(C)(=O)=O)cc1. The summed E-state index contributed by atoms with van der Waals surface area (Å²) in [5.41, 5.74) is 2.29. The van der Waals surface area contributed by atoms with Gasteiger partial charge in [-0.15, -0.1) is 0 Å². The second kappa shape index (κ2) is 13.3. The van der Waals surface area contributed by atoms with Gasteiger partial charge in [0, 0.05) is 17.6 Å². The Morgan fingerprint density at radius 2 is 1.57 bits per heavy atom. The van der Waals surface area contributed by atoms with Gasteiger partial charge in [-0.05, 0) is 61.1 Å². The zero-order valence-electron chi connectivity index (χ0n) is 22.0. The molecule has 0 aromatic heterocycles. The van der Waals surface area contributed by atoms with E-state index in [0.717, 1.165) is 53.8 Å². The standard InChI is InChI=1S/C28H38ClN3O4S/c1-4-21-13-17-25(18-14-21)32(37(3,35)36)20-27(33)31(19-22-11-15-23(29)16-12-22)26(5-2)28(34)30-24-9-7-6-8-10-24/h11-18,24,26H,4-10,19-20H2,1-3H3,(H,30,34)/t26-/m1/s1. The maximum absolute atomic E-state index is 13.8. The lowest BCUT2D eigenvalue weighted by atomic mass is 9.95. The minimum atomic E-state index is -3.75. The molecule has 0 unspecified atom stereocenters. The molecule has 1 fully saturated rings.